The van der Waals surface area contributed by atoms with Crippen LogP contribution >= 0.6 is 0 Å². The number of pyridine rings is 1. The molecule has 0 fully saturated rings. The van der Waals surface area contributed by atoms with Gasteiger partial charge >= 0.3 is 7.69 Å². The lowest BCUT2D eigenvalue weighted by molar-refractivity contribution is 0.452. The normalized spacial score (nSPS) is 10.1. The van der Waals surface area contributed by atoms with Gasteiger partial charge in [-0.15, -0.1) is 0 Å². The number of aromatic nitrogens is 2. The average Bonchev–Trinajstić information content (AvgIpc) is 2.51. The van der Waals surface area contributed by atoms with E-state index in [0.717, 1.165) is 5.65 Å². The van der Waals surface area contributed by atoms with E-state index >= 15 is 0 Å². The molecule has 59 valence electrons. The number of hydrogen-bond acceptors (Lipinski definition) is 3. The summed E-state index contributed by atoms with van der Waals surface area (Å²) in [6, 6.07) is 3.54. The minimum absolute atomic E-state index is 0.572. The zero-order valence-corrected chi connectivity index (χ0v) is 6.21. The van der Waals surface area contributed by atoms with E-state index in [-0.39, 0.29) is 0 Å². The molecule has 0 saturated carbocycles. The van der Waals surface area contributed by atoms with Crippen LogP contribution < -0.4 is 4.65 Å². The standard InChI is InChI=1S/C7H6BN2O2/c11-8-12-6-1-2-7-9-3-4-10(7)5-6/h1-5,11H. The van der Waals surface area contributed by atoms with Gasteiger partial charge < -0.3 is 14.1 Å². The third-order valence-corrected chi connectivity index (χ3v) is 1.55. The van der Waals surface area contributed by atoms with E-state index < -0.39 is 0 Å². The molecular weight excluding hydrogens is 155 g/mol. The second kappa shape index (κ2) is 2.87. The molecule has 0 unspecified atom stereocenters. The van der Waals surface area contributed by atoms with Crippen LogP contribution in [-0.2, 0) is 0 Å². The van der Waals surface area contributed by atoms with Gasteiger partial charge in [0.1, 0.15) is 11.4 Å². The molecule has 2 aromatic rings. The molecule has 0 atom stereocenters. The van der Waals surface area contributed by atoms with E-state index in [2.05, 4.69) is 4.98 Å². The third-order valence-electron chi connectivity index (χ3n) is 1.55. The maximum atomic E-state index is 8.37. The zero-order valence-electron chi connectivity index (χ0n) is 6.21. The molecule has 5 heteroatoms. The van der Waals surface area contributed by atoms with E-state index in [0.29, 0.717) is 13.4 Å². The molecule has 0 aromatic carbocycles. The van der Waals surface area contributed by atoms with E-state index in [1.807, 2.05) is 0 Å². The summed E-state index contributed by atoms with van der Waals surface area (Å²) >= 11 is 0. The first kappa shape index (κ1) is 7.18. The van der Waals surface area contributed by atoms with Gasteiger partial charge in [0, 0.05) is 12.4 Å². The van der Waals surface area contributed by atoms with Gasteiger partial charge in [-0.3, -0.25) is 0 Å². The fraction of sp³-hybridized carbons (Fsp3) is 0. The molecule has 2 aromatic heterocycles. The van der Waals surface area contributed by atoms with Crippen LogP contribution in [0.15, 0.2) is 30.7 Å². The molecule has 1 N–H and O–H groups in total. The summed E-state index contributed by atoms with van der Waals surface area (Å²) in [5.74, 6) is 0.572. The van der Waals surface area contributed by atoms with Crippen molar-refractivity contribution in [3.8, 4) is 5.75 Å². The Kier molecular flexibility index (Phi) is 1.71. The van der Waals surface area contributed by atoms with Crippen LogP contribution in [-0.4, -0.2) is 22.1 Å². The topological polar surface area (TPSA) is 46.8 Å². The smallest absolute Gasteiger partial charge is 0.536 e. The summed E-state index contributed by atoms with van der Waals surface area (Å²) in [5, 5.41) is 8.37. The van der Waals surface area contributed by atoms with Crippen molar-refractivity contribution in [1.82, 2.24) is 9.38 Å². The van der Waals surface area contributed by atoms with Gasteiger partial charge in [-0.1, -0.05) is 0 Å². The molecule has 2 heterocycles. The molecule has 0 spiro atoms. The molecule has 0 aliphatic rings. The first-order chi connectivity index (χ1) is 5.90. The Bertz CT molecular complexity index is 388. The molecule has 4 nitrogen and oxygen atoms in total. The van der Waals surface area contributed by atoms with Crippen LogP contribution in [0, 0.1) is 0 Å². The van der Waals surface area contributed by atoms with Gasteiger partial charge in [0.25, 0.3) is 0 Å². The Hall–Kier alpha value is -1.49. The van der Waals surface area contributed by atoms with Crippen molar-refractivity contribution in [2.75, 3.05) is 0 Å². The van der Waals surface area contributed by atoms with Crippen LogP contribution in [0.1, 0.15) is 0 Å². The molecular formula is C7H6BN2O2. The highest BCUT2D eigenvalue weighted by Gasteiger charge is 1.96. The SMILES string of the molecule is O[B]Oc1ccc2nccn2c1. The lowest BCUT2D eigenvalue weighted by Crippen LogP contribution is -2.00. The summed E-state index contributed by atoms with van der Waals surface area (Å²) in [6.07, 6.45) is 5.23. The van der Waals surface area contributed by atoms with Crippen molar-refractivity contribution in [1.29, 1.82) is 0 Å². The second-order valence-electron chi connectivity index (χ2n) is 2.28. The van der Waals surface area contributed by atoms with Crippen LogP contribution in [0.25, 0.3) is 5.65 Å². The predicted molar refractivity (Wildman–Crippen MR) is 43.8 cm³/mol. The number of fused-ring (bicyclic) bond motifs is 1. The summed E-state index contributed by atoms with van der Waals surface area (Å²) in [4.78, 5) is 4.05. The number of hydrogen-bond donors (Lipinski definition) is 1. The molecule has 12 heavy (non-hydrogen) atoms. The fourth-order valence-corrected chi connectivity index (χ4v) is 1.03. The quantitative estimate of drug-likeness (QED) is 0.641. The Morgan fingerprint density at radius 1 is 1.50 bits per heavy atom. The monoisotopic (exact) mass is 161 g/mol. The molecule has 0 amide bonds. The molecule has 0 saturated heterocycles. The Balaban J connectivity index is 2.46. The maximum absolute atomic E-state index is 8.37. The van der Waals surface area contributed by atoms with Gasteiger partial charge in [-0.05, 0) is 12.1 Å². The van der Waals surface area contributed by atoms with Crippen molar-refractivity contribution in [2.45, 2.75) is 0 Å². The van der Waals surface area contributed by atoms with E-state index in [1.54, 1.807) is 35.1 Å². The van der Waals surface area contributed by atoms with Crippen molar-refractivity contribution in [3.63, 3.8) is 0 Å². The van der Waals surface area contributed by atoms with Gasteiger partial charge in [-0.2, -0.15) is 0 Å². The molecule has 0 aliphatic heterocycles. The van der Waals surface area contributed by atoms with Gasteiger partial charge in [0.05, 0.1) is 6.20 Å². The van der Waals surface area contributed by atoms with Crippen LogP contribution in [0.5, 0.6) is 5.75 Å². The van der Waals surface area contributed by atoms with Crippen molar-refractivity contribution in [3.05, 3.63) is 30.7 Å². The molecule has 2 rings (SSSR count). The zero-order chi connectivity index (χ0) is 8.39. The second-order valence-corrected chi connectivity index (χ2v) is 2.28. The van der Waals surface area contributed by atoms with E-state index in [9.17, 15) is 0 Å². The maximum Gasteiger partial charge on any atom is 0.569 e. The molecule has 0 bridgehead atoms. The first-order valence-electron chi connectivity index (χ1n) is 3.45. The molecule has 0 aliphatic carbocycles. The molecule has 1 radical (unpaired) electrons. The van der Waals surface area contributed by atoms with Gasteiger partial charge in [0.15, 0.2) is 0 Å². The van der Waals surface area contributed by atoms with Crippen molar-refractivity contribution in [2.24, 2.45) is 0 Å². The summed E-state index contributed by atoms with van der Waals surface area (Å²) < 4.78 is 6.57. The lowest BCUT2D eigenvalue weighted by Gasteiger charge is -2.00. The van der Waals surface area contributed by atoms with Crippen LogP contribution in [0.4, 0.5) is 0 Å². The Morgan fingerprint density at radius 3 is 3.25 bits per heavy atom. The largest absolute Gasteiger partial charge is 0.569 e. The van der Waals surface area contributed by atoms with Crippen LogP contribution in [0.2, 0.25) is 0 Å². The van der Waals surface area contributed by atoms with Crippen molar-refractivity contribution < 1.29 is 9.68 Å². The van der Waals surface area contributed by atoms with Gasteiger partial charge in [0.2, 0.25) is 0 Å². The lowest BCUT2D eigenvalue weighted by atomic mass is 10.4. The van der Waals surface area contributed by atoms with Crippen molar-refractivity contribution >= 4 is 13.3 Å². The Morgan fingerprint density at radius 2 is 2.42 bits per heavy atom. The number of nitrogens with zero attached hydrogens (tertiary/aromatic N) is 2. The highest BCUT2D eigenvalue weighted by molar-refractivity contribution is 6.17. The van der Waals surface area contributed by atoms with E-state index in [1.165, 1.54) is 0 Å². The summed E-state index contributed by atoms with van der Waals surface area (Å²) in [7, 11) is 0.651. The minimum Gasteiger partial charge on any atom is -0.536 e. The first-order valence-corrected chi connectivity index (χ1v) is 3.45. The number of rotatable bonds is 2. The van der Waals surface area contributed by atoms with E-state index in [4.69, 9.17) is 9.68 Å². The van der Waals surface area contributed by atoms with Gasteiger partial charge in [-0.25, -0.2) is 4.98 Å². The van der Waals surface area contributed by atoms with Crippen LogP contribution in [0.3, 0.4) is 0 Å². The Labute approximate surface area is 69.7 Å². The average molecular weight is 161 g/mol. The highest BCUT2D eigenvalue weighted by atomic mass is 16.5. The predicted octanol–water partition coefficient (Wildman–Crippen LogP) is 0.240. The fourth-order valence-electron chi connectivity index (χ4n) is 1.03. The third kappa shape index (κ3) is 1.14. The summed E-state index contributed by atoms with van der Waals surface area (Å²) in [6.45, 7) is 0. The minimum atomic E-state index is 0.572. The summed E-state index contributed by atoms with van der Waals surface area (Å²) in [5.41, 5.74) is 0.847. The highest BCUT2D eigenvalue weighted by Crippen LogP contribution is 2.10. The number of imidazole rings is 1.